The summed E-state index contributed by atoms with van der Waals surface area (Å²) >= 11 is 0. The van der Waals surface area contributed by atoms with Gasteiger partial charge in [-0.15, -0.1) is 0 Å². The lowest BCUT2D eigenvalue weighted by Gasteiger charge is -2.35. The molecule has 2 heterocycles. The number of aromatic nitrogens is 2. The number of nitrogens with one attached hydrogen (secondary N) is 1. The molecule has 0 radical (unpaired) electrons. The first-order chi connectivity index (χ1) is 12.1. The van der Waals surface area contributed by atoms with Crippen molar-refractivity contribution in [2.75, 3.05) is 6.54 Å². The van der Waals surface area contributed by atoms with E-state index in [4.69, 9.17) is 0 Å². The molecule has 0 fully saturated rings. The Bertz CT molecular complexity index is 920. The van der Waals surface area contributed by atoms with Crippen LogP contribution in [0.5, 0.6) is 0 Å². The molecule has 1 aromatic heterocycles. The quantitative estimate of drug-likeness (QED) is 0.770. The largest absolute Gasteiger partial charge is 0.345 e. The van der Waals surface area contributed by atoms with E-state index in [2.05, 4.69) is 9.97 Å². The van der Waals surface area contributed by atoms with Crippen LogP contribution in [0.15, 0.2) is 54.9 Å². The molecule has 1 aliphatic heterocycles. The molecule has 0 saturated heterocycles. The molecule has 126 valence electrons. The van der Waals surface area contributed by atoms with Gasteiger partial charge in [0.2, 0.25) is 0 Å². The molecule has 0 saturated carbocycles. The first kappa shape index (κ1) is 15.6. The zero-order valence-corrected chi connectivity index (χ0v) is 13.9. The lowest BCUT2D eigenvalue weighted by atomic mass is 9.92. The lowest BCUT2D eigenvalue weighted by Crippen LogP contribution is -2.39. The number of carbonyl (C=O) groups is 1. The zero-order chi connectivity index (χ0) is 17.4. The van der Waals surface area contributed by atoms with Crippen molar-refractivity contribution in [2.24, 2.45) is 0 Å². The van der Waals surface area contributed by atoms with E-state index in [0.29, 0.717) is 17.9 Å². The summed E-state index contributed by atoms with van der Waals surface area (Å²) in [7, 11) is 0. The van der Waals surface area contributed by atoms with Crippen molar-refractivity contribution in [1.82, 2.24) is 14.9 Å². The molecule has 1 N–H and O–H groups in total. The van der Waals surface area contributed by atoms with Crippen molar-refractivity contribution < 1.29 is 9.18 Å². The van der Waals surface area contributed by atoms with Crippen molar-refractivity contribution >= 4 is 5.91 Å². The van der Waals surface area contributed by atoms with Gasteiger partial charge in [-0.3, -0.25) is 4.79 Å². The molecule has 25 heavy (non-hydrogen) atoms. The maximum absolute atomic E-state index is 13.7. The van der Waals surface area contributed by atoms with Crippen molar-refractivity contribution in [2.45, 2.75) is 19.4 Å². The van der Waals surface area contributed by atoms with Gasteiger partial charge in [-0.05, 0) is 42.7 Å². The van der Waals surface area contributed by atoms with Crippen LogP contribution in [0.2, 0.25) is 0 Å². The number of amides is 1. The third-order valence-corrected chi connectivity index (χ3v) is 4.82. The number of imidazole rings is 1. The Morgan fingerprint density at radius 1 is 1.28 bits per heavy atom. The summed E-state index contributed by atoms with van der Waals surface area (Å²) in [5.74, 6) is 0.338. The van der Waals surface area contributed by atoms with Crippen molar-refractivity contribution in [3.8, 4) is 11.4 Å². The molecular formula is C20H18FN3O. The van der Waals surface area contributed by atoms with Crippen LogP contribution in [0.4, 0.5) is 4.39 Å². The van der Waals surface area contributed by atoms with Gasteiger partial charge in [0.1, 0.15) is 11.6 Å². The fraction of sp³-hybridized carbons (Fsp3) is 0.200. The maximum atomic E-state index is 13.7. The fourth-order valence-electron chi connectivity index (χ4n) is 3.51. The number of H-pyrrole nitrogens is 1. The van der Waals surface area contributed by atoms with Gasteiger partial charge in [-0.1, -0.05) is 24.3 Å². The van der Waals surface area contributed by atoms with Crippen LogP contribution < -0.4 is 0 Å². The van der Waals surface area contributed by atoms with E-state index in [1.54, 1.807) is 12.4 Å². The van der Waals surface area contributed by atoms with E-state index in [1.165, 1.54) is 12.1 Å². The molecule has 0 spiro atoms. The van der Waals surface area contributed by atoms with Gasteiger partial charge in [-0.25, -0.2) is 9.37 Å². The smallest absolute Gasteiger partial charge is 0.255 e. The van der Waals surface area contributed by atoms with E-state index in [1.807, 2.05) is 42.2 Å². The number of nitrogens with zero attached hydrogens (tertiary/aromatic N) is 2. The average Bonchev–Trinajstić information content (AvgIpc) is 3.16. The topological polar surface area (TPSA) is 49.0 Å². The third kappa shape index (κ3) is 2.71. The Hall–Kier alpha value is -2.95. The van der Waals surface area contributed by atoms with Gasteiger partial charge in [0.25, 0.3) is 5.91 Å². The molecule has 4 rings (SSSR count). The average molecular weight is 335 g/mol. The summed E-state index contributed by atoms with van der Waals surface area (Å²) in [5.41, 5.74) is 3.37. The normalized spacial score (nSPS) is 16.6. The Morgan fingerprint density at radius 2 is 2.12 bits per heavy atom. The highest BCUT2D eigenvalue weighted by Gasteiger charge is 2.30. The summed E-state index contributed by atoms with van der Waals surface area (Å²) in [6, 6.07) is 12.1. The molecule has 0 unspecified atom stereocenters. The minimum absolute atomic E-state index is 0.0607. The number of hydrogen-bond acceptors (Lipinski definition) is 2. The van der Waals surface area contributed by atoms with E-state index >= 15 is 0 Å². The fourth-order valence-corrected chi connectivity index (χ4v) is 3.51. The first-order valence-corrected chi connectivity index (χ1v) is 8.33. The maximum Gasteiger partial charge on any atom is 0.255 e. The zero-order valence-electron chi connectivity index (χ0n) is 13.9. The van der Waals surface area contributed by atoms with E-state index in [9.17, 15) is 9.18 Å². The van der Waals surface area contributed by atoms with Crippen molar-refractivity contribution in [3.05, 3.63) is 77.4 Å². The second kappa shape index (κ2) is 6.16. The van der Waals surface area contributed by atoms with Crippen LogP contribution in [0.25, 0.3) is 11.4 Å². The molecule has 1 amide bonds. The van der Waals surface area contributed by atoms with Crippen LogP contribution in [0.1, 0.15) is 34.5 Å². The summed E-state index contributed by atoms with van der Waals surface area (Å²) in [4.78, 5) is 22.3. The number of carbonyl (C=O) groups excluding carboxylic acids is 1. The Kier molecular flexibility index (Phi) is 3.84. The van der Waals surface area contributed by atoms with Crippen LogP contribution in [-0.4, -0.2) is 27.3 Å². The molecule has 0 aliphatic carbocycles. The summed E-state index contributed by atoms with van der Waals surface area (Å²) < 4.78 is 13.7. The number of halogens is 1. The molecular weight excluding hydrogens is 317 g/mol. The van der Waals surface area contributed by atoms with Gasteiger partial charge in [0.05, 0.1) is 11.6 Å². The molecule has 5 heteroatoms. The number of rotatable bonds is 2. The predicted molar refractivity (Wildman–Crippen MR) is 93.6 cm³/mol. The lowest BCUT2D eigenvalue weighted by molar-refractivity contribution is 0.0678. The van der Waals surface area contributed by atoms with E-state index in [-0.39, 0.29) is 17.8 Å². The van der Waals surface area contributed by atoms with Gasteiger partial charge >= 0.3 is 0 Å². The molecule has 2 aromatic carbocycles. The minimum Gasteiger partial charge on any atom is -0.345 e. The van der Waals surface area contributed by atoms with Crippen LogP contribution >= 0.6 is 0 Å². The molecule has 4 nitrogen and oxygen atoms in total. The third-order valence-electron chi connectivity index (χ3n) is 4.82. The summed E-state index contributed by atoms with van der Waals surface area (Å²) in [5, 5.41) is 0. The van der Waals surface area contributed by atoms with Gasteiger partial charge < -0.3 is 9.88 Å². The number of fused-ring (bicyclic) bond motifs is 1. The number of aromatic amines is 1. The van der Waals surface area contributed by atoms with E-state index < -0.39 is 0 Å². The molecule has 1 atom stereocenters. The Balaban J connectivity index is 1.71. The van der Waals surface area contributed by atoms with Crippen LogP contribution in [0.3, 0.4) is 0 Å². The SMILES string of the molecule is C[C@@H]1c2cc(F)ccc2CCN1C(=O)c1ccccc1-c1ncc[nH]1. The van der Waals surface area contributed by atoms with Gasteiger partial charge in [-0.2, -0.15) is 0 Å². The first-order valence-electron chi connectivity index (χ1n) is 8.33. The second-order valence-corrected chi connectivity index (χ2v) is 6.25. The van der Waals surface area contributed by atoms with Crippen LogP contribution in [-0.2, 0) is 6.42 Å². The van der Waals surface area contributed by atoms with Crippen molar-refractivity contribution in [1.29, 1.82) is 0 Å². The Morgan fingerprint density at radius 3 is 2.92 bits per heavy atom. The minimum atomic E-state index is -0.268. The predicted octanol–water partition coefficient (Wildman–Crippen LogP) is 3.98. The molecule has 3 aromatic rings. The molecule has 1 aliphatic rings. The molecule has 0 bridgehead atoms. The highest BCUT2D eigenvalue weighted by molar-refractivity contribution is 6.00. The van der Waals surface area contributed by atoms with Gasteiger partial charge in [0.15, 0.2) is 0 Å². The number of benzene rings is 2. The standard InChI is InChI=1S/C20H18FN3O/c1-13-18-12-15(21)7-6-14(18)8-11-24(13)20(25)17-5-3-2-4-16(17)19-22-9-10-23-19/h2-7,9-10,12-13H,8,11H2,1H3,(H,22,23)/t13-/m1/s1. The number of hydrogen-bond donors (Lipinski definition) is 1. The summed E-state index contributed by atoms with van der Waals surface area (Å²) in [6.07, 6.45) is 4.13. The Labute approximate surface area is 145 Å². The second-order valence-electron chi connectivity index (χ2n) is 6.25. The van der Waals surface area contributed by atoms with Crippen molar-refractivity contribution in [3.63, 3.8) is 0 Å². The summed E-state index contributed by atoms with van der Waals surface area (Å²) in [6.45, 7) is 2.57. The van der Waals surface area contributed by atoms with Gasteiger partial charge in [0, 0.05) is 24.5 Å². The van der Waals surface area contributed by atoms with E-state index in [0.717, 1.165) is 23.1 Å². The highest BCUT2D eigenvalue weighted by Crippen LogP contribution is 2.32. The monoisotopic (exact) mass is 335 g/mol. The van der Waals surface area contributed by atoms with Crippen LogP contribution in [0, 0.1) is 5.82 Å². The highest BCUT2D eigenvalue weighted by atomic mass is 19.1.